The third-order valence-corrected chi connectivity index (χ3v) is 6.67. The summed E-state index contributed by atoms with van der Waals surface area (Å²) in [6, 6.07) is 22.3. The molecule has 186 valence electrons. The van der Waals surface area contributed by atoms with Gasteiger partial charge in [0.25, 0.3) is 0 Å². The number of anilines is 4. The quantitative estimate of drug-likeness (QED) is 0.207. The van der Waals surface area contributed by atoms with Crippen molar-refractivity contribution in [3.8, 4) is 0 Å². The molecule has 0 saturated carbocycles. The third-order valence-electron chi connectivity index (χ3n) is 5.74. The molecular formula is C28H24FN5O2S. The molecule has 0 spiro atoms. The van der Waals surface area contributed by atoms with Gasteiger partial charge in [0.05, 0.1) is 28.0 Å². The van der Waals surface area contributed by atoms with Gasteiger partial charge in [-0.15, -0.1) is 0 Å². The van der Waals surface area contributed by atoms with Crippen LogP contribution in [0.25, 0.3) is 10.2 Å². The molecule has 0 aliphatic rings. The number of benzene rings is 3. The first kappa shape index (κ1) is 24.3. The van der Waals surface area contributed by atoms with Crippen molar-refractivity contribution in [3.05, 3.63) is 101 Å². The molecule has 0 saturated heterocycles. The number of hydrogen-bond donors (Lipinski definition) is 3. The number of carboxylic acid groups (broad SMARTS) is 1. The topological polar surface area (TPSA) is 100 Å². The summed E-state index contributed by atoms with van der Waals surface area (Å²) in [7, 11) is 0. The van der Waals surface area contributed by atoms with Crippen molar-refractivity contribution in [2.24, 2.45) is 0 Å². The number of rotatable bonds is 9. The highest BCUT2D eigenvalue weighted by atomic mass is 32.1. The highest BCUT2D eigenvalue weighted by molar-refractivity contribution is 7.22. The summed E-state index contributed by atoms with van der Waals surface area (Å²) in [6.07, 6.45) is 1.26. The molecule has 5 rings (SSSR count). The lowest BCUT2D eigenvalue weighted by molar-refractivity contribution is -0.136. The molecular weight excluding hydrogens is 489 g/mol. The van der Waals surface area contributed by atoms with E-state index in [9.17, 15) is 9.18 Å². The SMILES string of the molecule is CCc1ccc2nc(Nc3cc(Cc4ccccc4)nc(Nc4ccc(CC(=O)O)cc4F)n3)sc2c1. The Balaban J connectivity index is 1.46. The summed E-state index contributed by atoms with van der Waals surface area (Å²) in [5.74, 6) is -0.854. The fourth-order valence-electron chi connectivity index (χ4n) is 3.93. The highest BCUT2D eigenvalue weighted by Gasteiger charge is 2.12. The Hall–Kier alpha value is -4.37. The smallest absolute Gasteiger partial charge is 0.307 e. The number of hydrogen-bond acceptors (Lipinski definition) is 7. The Morgan fingerprint density at radius 3 is 2.49 bits per heavy atom. The number of halogens is 1. The predicted molar refractivity (Wildman–Crippen MR) is 145 cm³/mol. The number of fused-ring (bicyclic) bond motifs is 1. The average molecular weight is 514 g/mol. The van der Waals surface area contributed by atoms with E-state index < -0.39 is 11.8 Å². The lowest BCUT2D eigenvalue weighted by atomic mass is 10.1. The van der Waals surface area contributed by atoms with E-state index in [2.05, 4.69) is 44.6 Å². The molecule has 2 aromatic heterocycles. The lowest BCUT2D eigenvalue weighted by Crippen LogP contribution is -2.06. The third kappa shape index (κ3) is 6.07. The van der Waals surface area contributed by atoms with Gasteiger partial charge >= 0.3 is 5.97 Å². The van der Waals surface area contributed by atoms with Gasteiger partial charge in [0.2, 0.25) is 5.95 Å². The second-order valence-electron chi connectivity index (χ2n) is 8.54. The number of aromatic nitrogens is 3. The van der Waals surface area contributed by atoms with E-state index >= 15 is 0 Å². The van der Waals surface area contributed by atoms with Crippen molar-refractivity contribution < 1.29 is 14.3 Å². The fraction of sp³-hybridized carbons (Fsp3) is 0.143. The zero-order valence-electron chi connectivity index (χ0n) is 20.0. The molecule has 0 bridgehead atoms. The summed E-state index contributed by atoms with van der Waals surface area (Å²) in [5.41, 5.74) is 4.50. The summed E-state index contributed by atoms with van der Waals surface area (Å²) >= 11 is 1.54. The van der Waals surface area contributed by atoms with Crippen molar-refractivity contribution in [1.82, 2.24) is 15.0 Å². The van der Waals surface area contributed by atoms with Gasteiger partial charge in [0, 0.05) is 12.5 Å². The van der Waals surface area contributed by atoms with Gasteiger partial charge in [-0.2, -0.15) is 4.98 Å². The zero-order valence-corrected chi connectivity index (χ0v) is 20.8. The van der Waals surface area contributed by atoms with Crippen molar-refractivity contribution in [2.45, 2.75) is 26.2 Å². The largest absolute Gasteiger partial charge is 0.481 e. The molecule has 7 nitrogen and oxygen atoms in total. The Morgan fingerprint density at radius 1 is 0.919 bits per heavy atom. The second kappa shape index (κ2) is 10.7. The molecule has 0 aliphatic carbocycles. The molecule has 0 radical (unpaired) electrons. The van der Waals surface area contributed by atoms with E-state index in [-0.39, 0.29) is 18.1 Å². The minimum atomic E-state index is -1.02. The van der Waals surface area contributed by atoms with Crippen LogP contribution in [0.1, 0.15) is 29.3 Å². The van der Waals surface area contributed by atoms with E-state index in [4.69, 9.17) is 5.11 Å². The molecule has 0 aliphatic heterocycles. The molecule has 3 N–H and O–H groups in total. The summed E-state index contributed by atoms with van der Waals surface area (Å²) in [5, 5.41) is 15.9. The number of nitrogens with one attached hydrogen (secondary N) is 2. The van der Waals surface area contributed by atoms with Crippen LogP contribution in [0, 0.1) is 5.82 Å². The maximum absolute atomic E-state index is 14.7. The molecule has 0 fully saturated rings. The van der Waals surface area contributed by atoms with E-state index in [0.717, 1.165) is 27.9 Å². The van der Waals surface area contributed by atoms with E-state index in [0.29, 0.717) is 22.9 Å². The standard InChI is InChI=1S/C28H24FN5O2S/c1-2-17-8-11-23-24(14-17)37-28(32-23)34-25-16-20(12-18-6-4-3-5-7-18)30-27(33-25)31-22-10-9-19(13-21(22)29)15-26(35)36/h3-11,13-14,16H,2,12,15H2,1H3,(H,35,36)(H2,30,31,32,33,34). The first-order valence-electron chi connectivity index (χ1n) is 11.8. The number of thiazole rings is 1. The molecule has 5 aromatic rings. The zero-order chi connectivity index (χ0) is 25.8. The van der Waals surface area contributed by atoms with Gasteiger partial charge in [0.15, 0.2) is 5.13 Å². The van der Waals surface area contributed by atoms with Crippen LogP contribution in [-0.4, -0.2) is 26.0 Å². The Labute approximate surface area is 217 Å². The summed E-state index contributed by atoms with van der Waals surface area (Å²) in [6.45, 7) is 2.12. The number of carbonyl (C=O) groups is 1. The fourth-order valence-corrected chi connectivity index (χ4v) is 4.87. The molecule has 2 heterocycles. The van der Waals surface area contributed by atoms with Gasteiger partial charge < -0.3 is 15.7 Å². The van der Waals surface area contributed by atoms with Crippen molar-refractivity contribution in [2.75, 3.05) is 10.6 Å². The van der Waals surface area contributed by atoms with E-state index in [1.165, 1.54) is 29.0 Å². The molecule has 0 amide bonds. The van der Waals surface area contributed by atoms with Gasteiger partial charge in [0.1, 0.15) is 11.6 Å². The maximum Gasteiger partial charge on any atom is 0.307 e. The monoisotopic (exact) mass is 513 g/mol. The normalized spacial score (nSPS) is 11.0. The molecule has 37 heavy (non-hydrogen) atoms. The van der Waals surface area contributed by atoms with Crippen LogP contribution >= 0.6 is 11.3 Å². The summed E-state index contributed by atoms with van der Waals surface area (Å²) < 4.78 is 15.8. The van der Waals surface area contributed by atoms with Crippen LogP contribution in [0.3, 0.4) is 0 Å². The van der Waals surface area contributed by atoms with Crippen LogP contribution in [0.2, 0.25) is 0 Å². The van der Waals surface area contributed by atoms with Crippen molar-refractivity contribution in [1.29, 1.82) is 0 Å². The van der Waals surface area contributed by atoms with Crippen LogP contribution in [0.5, 0.6) is 0 Å². The Kier molecular flexibility index (Phi) is 7.04. The predicted octanol–water partition coefficient (Wildman–Crippen LogP) is 6.49. The van der Waals surface area contributed by atoms with Gasteiger partial charge in [-0.05, 0) is 47.4 Å². The number of carboxylic acids is 1. The number of aryl methyl sites for hydroxylation is 1. The van der Waals surface area contributed by atoms with Gasteiger partial charge in [-0.3, -0.25) is 4.79 Å². The van der Waals surface area contributed by atoms with Crippen LogP contribution in [0.15, 0.2) is 72.8 Å². The van der Waals surface area contributed by atoms with Gasteiger partial charge in [-0.1, -0.05) is 60.7 Å². The van der Waals surface area contributed by atoms with E-state index in [1.807, 2.05) is 42.5 Å². The van der Waals surface area contributed by atoms with Crippen LogP contribution in [0.4, 0.5) is 27.0 Å². The van der Waals surface area contributed by atoms with Crippen molar-refractivity contribution in [3.63, 3.8) is 0 Å². The molecule has 3 aromatic carbocycles. The number of aliphatic carboxylic acids is 1. The number of nitrogens with zero attached hydrogens (tertiary/aromatic N) is 3. The second-order valence-corrected chi connectivity index (χ2v) is 9.57. The maximum atomic E-state index is 14.7. The summed E-state index contributed by atoms with van der Waals surface area (Å²) in [4.78, 5) is 24.8. The lowest BCUT2D eigenvalue weighted by Gasteiger charge is -2.11. The first-order chi connectivity index (χ1) is 17.9. The van der Waals surface area contributed by atoms with Crippen LogP contribution < -0.4 is 10.6 Å². The highest BCUT2D eigenvalue weighted by Crippen LogP contribution is 2.30. The average Bonchev–Trinajstić information content (AvgIpc) is 3.27. The Bertz CT molecular complexity index is 1570. The molecule has 0 unspecified atom stereocenters. The van der Waals surface area contributed by atoms with Gasteiger partial charge in [-0.25, -0.2) is 14.4 Å². The van der Waals surface area contributed by atoms with Crippen molar-refractivity contribution >= 4 is 50.1 Å². The first-order valence-corrected chi connectivity index (χ1v) is 12.6. The van der Waals surface area contributed by atoms with Crippen LogP contribution in [-0.2, 0) is 24.1 Å². The molecule has 9 heteroatoms. The molecule has 0 atom stereocenters. The Morgan fingerprint density at radius 2 is 1.73 bits per heavy atom. The van der Waals surface area contributed by atoms with E-state index in [1.54, 1.807) is 6.07 Å². The minimum absolute atomic E-state index is 0.157. The minimum Gasteiger partial charge on any atom is -0.481 e.